The van der Waals surface area contributed by atoms with Crippen molar-refractivity contribution in [1.82, 2.24) is 29.8 Å². The van der Waals surface area contributed by atoms with E-state index >= 15 is 0 Å². The van der Waals surface area contributed by atoms with Crippen LogP contribution in [0.4, 0.5) is 0 Å². The molecule has 3 aromatic heterocycles. The van der Waals surface area contributed by atoms with Crippen LogP contribution in [-0.4, -0.2) is 48.8 Å². The fraction of sp³-hybridized carbons (Fsp3) is 0.320. The number of benzene rings is 1. The Hall–Kier alpha value is -3.81. The minimum Gasteiger partial charge on any atom is -0.339 e. The maximum Gasteiger partial charge on any atom is 0.259 e. The molecule has 1 aliphatic heterocycles. The van der Waals surface area contributed by atoms with E-state index in [1.807, 2.05) is 30.0 Å². The van der Waals surface area contributed by atoms with Crippen molar-refractivity contribution in [2.24, 2.45) is 5.92 Å². The summed E-state index contributed by atoms with van der Waals surface area (Å²) in [5.41, 5.74) is 3.50. The van der Waals surface area contributed by atoms with Gasteiger partial charge in [0.2, 0.25) is 0 Å². The lowest BCUT2D eigenvalue weighted by molar-refractivity contribution is 0.0690. The topological polar surface area (TPSA) is 89.9 Å². The first-order valence-corrected chi connectivity index (χ1v) is 11.2. The molecule has 1 amide bonds. The van der Waals surface area contributed by atoms with E-state index in [4.69, 9.17) is 4.52 Å². The molecular formula is C25H26N6O2. The summed E-state index contributed by atoms with van der Waals surface area (Å²) < 4.78 is 6.88. The Balaban J connectivity index is 1.25. The van der Waals surface area contributed by atoms with Gasteiger partial charge in [-0.05, 0) is 56.7 Å². The number of pyridine rings is 1. The summed E-state index contributed by atoms with van der Waals surface area (Å²) in [7, 11) is 0. The zero-order valence-electron chi connectivity index (χ0n) is 18.8. The Bertz CT molecular complexity index is 1240. The molecule has 1 aliphatic rings. The molecule has 8 heteroatoms. The van der Waals surface area contributed by atoms with Gasteiger partial charge in [-0.2, -0.15) is 10.1 Å². The molecule has 1 fully saturated rings. The van der Waals surface area contributed by atoms with Gasteiger partial charge in [-0.25, -0.2) is 9.67 Å². The monoisotopic (exact) mass is 442 g/mol. The molecule has 5 rings (SSSR count). The minimum absolute atomic E-state index is 0.0369. The molecule has 4 heterocycles. The van der Waals surface area contributed by atoms with Crippen LogP contribution in [0.25, 0.3) is 17.3 Å². The van der Waals surface area contributed by atoms with Crippen LogP contribution in [-0.2, 0) is 6.42 Å². The zero-order chi connectivity index (χ0) is 22.8. The molecule has 0 unspecified atom stereocenters. The highest BCUT2D eigenvalue weighted by Crippen LogP contribution is 2.24. The van der Waals surface area contributed by atoms with Gasteiger partial charge in [0, 0.05) is 19.3 Å². The summed E-state index contributed by atoms with van der Waals surface area (Å²) in [6.45, 7) is 5.22. The normalized spacial score (nSPS) is 14.5. The van der Waals surface area contributed by atoms with Crippen LogP contribution in [0.15, 0.2) is 59.4 Å². The Morgan fingerprint density at radius 3 is 2.52 bits per heavy atom. The molecule has 0 radical (unpaired) electrons. The highest BCUT2D eigenvalue weighted by Gasteiger charge is 2.26. The molecule has 0 bridgehead atoms. The second-order valence-electron chi connectivity index (χ2n) is 8.53. The number of nitrogens with zero attached hydrogens (tertiary/aromatic N) is 6. The largest absolute Gasteiger partial charge is 0.339 e. The number of likely N-dealkylation sites (tertiary alicyclic amines) is 1. The smallest absolute Gasteiger partial charge is 0.259 e. The van der Waals surface area contributed by atoms with Crippen molar-refractivity contribution >= 4 is 5.91 Å². The highest BCUT2D eigenvalue weighted by atomic mass is 16.5. The SMILES string of the molecule is Cc1noc(-c2ccc(-n3ncc(C(=O)N4CCC(Cc5ccccc5)CC4)c3C)nc2)n1. The third-order valence-electron chi connectivity index (χ3n) is 6.25. The summed E-state index contributed by atoms with van der Waals surface area (Å²) in [5.74, 6) is 2.29. The van der Waals surface area contributed by atoms with Crippen LogP contribution in [0, 0.1) is 19.8 Å². The fourth-order valence-corrected chi connectivity index (χ4v) is 4.36. The average molecular weight is 443 g/mol. The van der Waals surface area contributed by atoms with E-state index < -0.39 is 0 Å². The molecule has 4 aromatic rings. The van der Waals surface area contributed by atoms with Gasteiger partial charge in [0.15, 0.2) is 11.6 Å². The molecule has 0 N–H and O–H groups in total. The lowest BCUT2D eigenvalue weighted by Crippen LogP contribution is -2.39. The molecule has 168 valence electrons. The van der Waals surface area contributed by atoms with Crippen LogP contribution in [0.5, 0.6) is 0 Å². The lowest BCUT2D eigenvalue weighted by Gasteiger charge is -2.32. The highest BCUT2D eigenvalue weighted by molar-refractivity contribution is 5.95. The van der Waals surface area contributed by atoms with E-state index in [-0.39, 0.29) is 5.91 Å². The molecular weight excluding hydrogens is 416 g/mol. The van der Waals surface area contributed by atoms with E-state index in [1.54, 1.807) is 24.0 Å². The van der Waals surface area contributed by atoms with Crippen LogP contribution >= 0.6 is 0 Å². The molecule has 0 atom stereocenters. The van der Waals surface area contributed by atoms with Crippen LogP contribution < -0.4 is 0 Å². The zero-order valence-corrected chi connectivity index (χ0v) is 18.8. The van der Waals surface area contributed by atoms with E-state index in [1.165, 1.54) is 5.56 Å². The van der Waals surface area contributed by atoms with Crippen molar-refractivity contribution in [1.29, 1.82) is 0 Å². The second kappa shape index (κ2) is 8.97. The number of piperidine rings is 1. The molecule has 1 aromatic carbocycles. The van der Waals surface area contributed by atoms with Gasteiger partial charge in [0.05, 0.1) is 23.0 Å². The summed E-state index contributed by atoms with van der Waals surface area (Å²) in [6.07, 6.45) is 6.43. The number of hydrogen-bond acceptors (Lipinski definition) is 6. The Morgan fingerprint density at radius 2 is 1.85 bits per heavy atom. The van der Waals surface area contributed by atoms with Gasteiger partial charge < -0.3 is 9.42 Å². The van der Waals surface area contributed by atoms with Gasteiger partial charge in [0.25, 0.3) is 11.8 Å². The van der Waals surface area contributed by atoms with Crippen LogP contribution in [0.3, 0.4) is 0 Å². The summed E-state index contributed by atoms with van der Waals surface area (Å²) in [6, 6.07) is 14.3. The quantitative estimate of drug-likeness (QED) is 0.464. The van der Waals surface area contributed by atoms with Crippen molar-refractivity contribution in [2.45, 2.75) is 33.1 Å². The van der Waals surface area contributed by atoms with E-state index in [9.17, 15) is 4.79 Å². The van der Waals surface area contributed by atoms with Crippen molar-refractivity contribution in [2.75, 3.05) is 13.1 Å². The molecule has 8 nitrogen and oxygen atoms in total. The van der Waals surface area contributed by atoms with Gasteiger partial charge in [0.1, 0.15) is 0 Å². The van der Waals surface area contributed by atoms with Crippen molar-refractivity contribution in [3.05, 3.63) is 77.5 Å². The number of rotatable bonds is 5. The first-order chi connectivity index (χ1) is 16.1. The minimum atomic E-state index is 0.0369. The first-order valence-electron chi connectivity index (χ1n) is 11.2. The van der Waals surface area contributed by atoms with Crippen molar-refractivity contribution < 1.29 is 9.32 Å². The number of carbonyl (C=O) groups excluding carboxylic acids is 1. The van der Waals surface area contributed by atoms with Crippen LogP contribution in [0.1, 0.15) is 40.3 Å². The predicted molar refractivity (Wildman–Crippen MR) is 123 cm³/mol. The second-order valence-corrected chi connectivity index (χ2v) is 8.53. The van der Waals surface area contributed by atoms with Gasteiger partial charge >= 0.3 is 0 Å². The molecule has 0 spiro atoms. The summed E-state index contributed by atoms with van der Waals surface area (Å²) in [4.78, 5) is 23.8. The number of amides is 1. The van der Waals surface area contributed by atoms with Crippen molar-refractivity contribution in [3.63, 3.8) is 0 Å². The standard InChI is InChI=1S/C25H26N6O2/c1-17-22(25(32)30-12-10-20(11-13-30)14-19-6-4-3-5-7-19)16-27-31(17)23-9-8-21(15-26-23)24-28-18(2)29-33-24/h3-9,15-16,20H,10-14H2,1-2H3. The van der Waals surface area contributed by atoms with Crippen LogP contribution in [0.2, 0.25) is 0 Å². The summed E-state index contributed by atoms with van der Waals surface area (Å²) in [5, 5.41) is 8.24. The Kier molecular flexibility index (Phi) is 5.73. The number of hydrogen-bond donors (Lipinski definition) is 0. The van der Waals surface area contributed by atoms with E-state index in [2.05, 4.69) is 44.5 Å². The fourth-order valence-electron chi connectivity index (χ4n) is 4.36. The molecule has 0 saturated carbocycles. The maximum atomic E-state index is 13.2. The molecule has 1 saturated heterocycles. The van der Waals surface area contributed by atoms with Crippen molar-refractivity contribution in [3.8, 4) is 17.3 Å². The molecule has 33 heavy (non-hydrogen) atoms. The summed E-state index contributed by atoms with van der Waals surface area (Å²) >= 11 is 0. The van der Waals surface area contributed by atoms with Gasteiger partial charge in [-0.3, -0.25) is 4.79 Å². The van der Waals surface area contributed by atoms with E-state index in [0.717, 1.165) is 43.6 Å². The number of aryl methyl sites for hydroxylation is 1. The van der Waals surface area contributed by atoms with Gasteiger partial charge in [-0.15, -0.1) is 0 Å². The predicted octanol–water partition coefficient (Wildman–Crippen LogP) is 4.03. The van der Waals surface area contributed by atoms with Gasteiger partial charge in [-0.1, -0.05) is 35.5 Å². The Labute approximate surface area is 192 Å². The number of carbonyl (C=O) groups is 1. The third-order valence-corrected chi connectivity index (χ3v) is 6.25. The number of aromatic nitrogens is 5. The third kappa shape index (κ3) is 4.41. The van der Waals surface area contributed by atoms with E-state index in [0.29, 0.717) is 29.0 Å². The molecule has 0 aliphatic carbocycles. The first kappa shape index (κ1) is 21.1. The Morgan fingerprint density at radius 1 is 1.06 bits per heavy atom. The average Bonchev–Trinajstić information content (AvgIpc) is 3.45. The maximum absolute atomic E-state index is 13.2. The lowest BCUT2D eigenvalue weighted by atomic mass is 9.90.